The predicted octanol–water partition coefficient (Wildman–Crippen LogP) is 2.97. The van der Waals surface area contributed by atoms with Gasteiger partial charge in [0.15, 0.2) is 9.84 Å². The number of ether oxygens (including phenoxy) is 1. The van der Waals surface area contributed by atoms with E-state index in [-0.39, 0.29) is 22.6 Å². The van der Waals surface area contributed by atoms with E-state index in [0.29, 0.717) is 11.3 Å². The highest BCUT2D eigenvalue weighted by Gasteiger charge is 2.19. The van der Waals surface area contributed by atoms with Crippen molar-refractivity contribution in [3.05, 3.63) is 59.2 Å². The Balaban J connectivity index is 2.26. The van der Waals surface area contributed by atoms with Crippen LogP contribution in [0.2, 0.25) is 0 Å². The molecule has 0 bridgehead atoms. The topological polar surface area (TPSA) is 110 Å². The van der Waals surface area contributed by atoms with E-state index in [4.69, 9.17) is 4.74 Å². The van der Waals surface area contributed by atoms with E-state index in [2.05, 4.69) is 5.32 Å². The summed E-state index contributed by atoms with van der Waals surface area (Å²) in [6.07, 6.45) is 0. The van der Waals surface area contributed by atoms with E-state index in [9.17, 15) is 23.1 Å². The van der Waals surface area contributed by atoms with Crippen LogP contribution in [0.1, 0.15) is 40.1 Å². The third kappa shape index (κ3) is 4.93. The first-order chi connectivity index (χ1) is 12.6. The van der Waals surface area contributed by atoms with Gasteiger partial charge in [-0.2, -0.15) is 0 Å². The minimum Gasteiger partial charge on any atom is -0.478 e. The van der Waals surface area contributed by atoms with Crippen LogP contribution in [0, 0.1) is 0 Å². The molecule has 0 fully saturated rings. The molecule has 0 saturated heterocycles. The number of nitrogens with one attached hydrogen (secondary N) is 1. The first-order valence-corrected chi connectivity index (χ1v) is 9.71. The van der Waals surface area contributed by atoms with Crippen LogP contribution in [0.3, 0.4) is 0 Å². The molecule has 0 radical (unpaired) electrons. The van der Waals surface area contributed by atoms with Crippen LogP contribution in [0.5, 0.6) is 0 Å². The molecule has 0 heterocycles. The third-order valence-electron chi connectivity index (χ3n) is 3.87. The summed E-state index contributed by atoms with van der Waals surface area (Å²) < 4.78 is 29.3. The summed E-state index contributed by atoms with van der Waals surface area (Å²) in [5.41, 5.74) is 1.20. The number of hydrogen-bond acceptors (Lipinski definition) is 5. The Kier molecular flexibility index (Phi) is 6.35. The lowest BCUT2D eigenvalue weighted by atomic mass is 10.1. The number of amides is 1. The molecule has 0 aromatic heterocycles. The number of carbonyl (C=O) groups is 2. The Morgan fingerprint density at radius 1 is 1.07 bits per heavy atom. The lowest BCUT2D eigenvalue weighted by Crippen LogP contribution is -2.15. The molecule has 2 aromatic carbocycles. The number of anilines is 1. The Hall–Kier alpha value is -2.71. The smallest absolute Gasteiger partial charge is 0.335 e. The average molecular weight is 391 g/mol. The van der Waals surface area contributed by atoms with E-state index in [1.807, 2.05) is 0 Å². The Morgan fingerprint density at radius 2 is 1.70 bits per heavy atom. The highest BCUT2D eigenvalue weighted by atomic mass is 32.2. The highest BCUT2D eigenvalue weighted by molar-refractivity contribution is 7.92. The number of hydrogen-bond donors (Lipinski definition) is 2. The molecule has 2 N–H and O–H groups in total. The van der Waals surface area contributed by atoms with Gasteiger partial charge in [0, 0.05) is 18.4 Å². The number of methoxy groups -OCH3 is 1. The lowest BCUT2D eigenvalue weighted by Gasteiger charge is -2.11. The van der Waals surface area contributed by atoms with Crippen molar-refractivity contribution in [2.24, 2.45) is 0 Å². The second-order valence-electron chi connectivity index (χ2n) is 6.23. The van der Waals surface area contributed by atoms with Crippen LogP contribution in [0.25, 0.3) is 0 Å². The van der Waals surface area contributed by atoms with Crippen molar-refractivity contribution in [1.82, 2.24) is 0 Å². The molecule has 0 spiro atoms. The van der Waals surface area contributed by atoms with Gasteiger partial charge in [-0.15, -0.1) is 0 Å². The molecular weight excluding hydrogens is 370 g/mol. The maximum atomic E-state index is 12.4. The van der Waals surface area contributed by atoms with E-state index < -0.39 is 27.0 Å². The number of carboxylic acid groups (broad SMARTS) is 1. The zero-order valence-corrected chi connectivity index (χ0v) is 16.0. The molecule has 0 unspecified atom stereocenters. The molecule has 0 aliphatic carbocycles. The van der Waals surface area contributed by atoms with Crippen molar-refractivity contribution in [3.63, 3.8) is 0 Å². The largest absolute Gasteiger partial charge is 0.478 e. The first kappa shape index (κ1) is 20.6. The van der Waals surface area contributed by atoms with Crippen LogP contribution in [-0.4, -0.2) is 37.8 Å². The Bertz CT molecular complexity index is 949. The van der Waals surface area contributed by atoms with Gasteiger partial charge in [-0.1, -0.05) is 0 Å². The normalized spacial score (nSPS) is 11.4. The number of sulfone groups is 1. The minimum absolute atomic E-state index is 0.0261. The average Bonchev–Trinajstić information content (AvgIpc) is 2.61. The van der Waals surface area contributed by atoms with Gasteiger partial charge >= 0.3 is 5.97 Å². The number of rotatable bonds is 7. The maximum Gasteiger partial charge on any atom is 0.335 e. The zero-order valence-electron chi connectivity index (χ0n) is 15.2. The Morgan fingerprint density at radius 3 is 2.22 bits per heavy atom. The lowest BCUT2D eigenvalue weighted by molar-refractivity contribution is 0.0696. The van der Waals surface area contributed by atoms with E-state index in [1.165, 1.54) is 43.5 Å². The van der Waals surface area contributed by atoms with Gasteiger partial charge in [0.25, 0.3) is 5.91 Å². The van der Waals surface area contributed by atoms with Crippen molar-refractivity contribution in [3.8, 4) is 0 Å². The van der Waals surface area contributed by atoms with Crippen LogP contribution in [0.4, 0.5) is 5.69 Å². The summed E-state index contributed by atoms with van der Waals surface area (Å²) in [7, 11) is -1.93. The minimum atomic E-state index is -3.42. The second-order valence-corrected chi connectivity index (χ2v) is 8.73. The molecule has 27 heavy (non-hydrogen) atoms. The first-order valence-electron chi connectivity index (χ1n) is 8.16. The molecule has 7 nitrogen and oxygen atoms in total. The summed E-state index contributed by atoms with van der Waals surface area (Å²) >= 11 is 0. The SMILES string of the molecule is COCc1cc(NC(=O)c2ccc(S(=O)(=O)C(C)C)cc2)cc(C(=O)O)c1. The van der Waals surface area contributed by atoms with Gasteiger partial charge in [0.2, 0.25) is 0 Å². The second kappa shape index (κ2) is 8.32. The molecule has 8 heteroatoms. The summed E-state index contributed by atoms with van der Waals surface area (Å²) in [6.45, 7) is 3.37. The fraction of sp³-hybridized carbons (Fsp3) is 0.263. The van der Waals surface area contributed by atoms with Crippen LogP contribution < -0.4 is 5.32 Å². The quantitative estimate of drug-likeness (QED) is 0.751. The molecule has 2 rings (SSSR count). The van der Waals surface area contributed by atoms with Crippen LogP contribution >= 0.6 is 0 Å². The maximum absolute atomic E-state index is 12.4. The van der Waals surface area contributed by atoms with Gasteiger partial charge in [0.1, 0.15) is 0 Å². The van der Waals surface area contributed by atoms with Crippen LogP contribution in [0.15, 0.2) is 47.4 Å². The predicted molar refractivity (Wildman–Crippen MR) is 101 cm³/mol. The van der Waals surface area contributed by atoms with Gasteiger partial charge in [-0.25, -0.2) is 13.2 Å². The zero-order chi connectivity index (χ0) is 20.2. The molecule has 0 saturated carbocycles. The third-order valence-corrected chi connectivity index (χ3v) is 6.04. The molecule has 144 valence electrons. The van der Waals surface area contributed by atoms with Crippen LogP contribution in [-0.2, 0) is 21.2 Å². The van der Waals surface area contributed by atoms with Gasteiger partial charge in [-0.3, -0.25) is 4.79 Å². The van der Waals surface area contributed by atoms with Gasteiger partial charge in [-0.05, 0) is 61.9 Å². The molecule has 1 amide bonds. The summed E-state index contributed by atoms with van der Waals surface area (Å²) in [5.74, 6) is -1.60. The fourth-order valence-corrected chi connectivity index (χ4v) is 3.47. The van der Waals surface area contributed by atoms with Crippen molar-refractivity contribution < 1.29 is 27.9 Å². The van der Waals surface area contributed by atoms with Crippen molar-refractivity contribution >= 4 is 27.4 Å². The van der Waals surface area contributed by atoms with Crippen molar-refractivity contribution in [2.45, 2.75) is 30.6 Å². The van der Waals surface area contributed by atoms with E-state index in [0.717, 1.165) is 0 Å². The number of carbonyl (C=O) groups excluding carboxylic acids is 1. The molecule has 0 atom stereocenters. The number of carboxylic acids is 1. The number of aromatic carboxylic acids is 1. The monoisotopic (exact) mass is 391 g/mol. The molecule has 0 aliphatic heterocycles. The fourth-order valence-electron chi connectivity index (χ4n) is 2.41. The van der Waals surface area contributed by atoms with Gasteiger partial charge in [0.05, 0.1) is 22.3 Å². The highest BCUT2D eigenvalue weighted by Crippen LogP contribution is 2.19. The van der Waals surface area contributed by atoms with Crippen molar-refractivity contribution in [1.29, 1.82) is 0 Å². The molecular formula is C19H21NO6S. The summed E-state index contributed by atoms with van der Waals surface area (Å²) in [4.78, 5) is 23.8. The van der Waals surface area contributed by atoms with Gasteiger partial charge < -0.3 is 15.2 Å². The van der Waals surface area contributed by atoms with E-state index >= 15 is 0 Å². The molecule has 0 aliphatic rings. The standard InChI is InChI=1S/C19H21NO6S/c1-12(2)27(24,25)17-6-4-14(5-7-17)18(21)20-16-9-13(11-26-3)8-15(10-16)19(22)23/h4-10,12H,11H2,1-3H3,(H,20,21)(H,22,23). The van der Waals surface area contributed by atoms with E-state index in [1.54, 1.807) is 19.9 Å². The van der Waals surface area contributed by atoms with Crippen molar-refractivity contribution in [2.75, 3.05) is 12.4 Å². The summed E-state index contributed by atoms with van der Waals surface area (Å²) in [5, 5.41) is 11.3. The Labute approximate surface area is 157 Å². The molecule has 2 aromatic rings. The summed E-state index contributed by atoms with van der Waals surface area (Å²) in [6, 6.07) is 10.0. The number of benzene rings is 2.